The van der Waals surface area contributed by atoms with Gasteiger partial charge < -0.3 is 25.6 Å². The van der Waals surface area contributed by atoms with Crippen molar-refractivity contribution in [1.29, 1.82) is 0 Å². The third-order valence-electron chi connectivity index (χ3n) is 4.79. The first kappa shape index (κ1) is 22.4. The standard InChI is InChI=1S/C22H28ClN3O4/c1-15(27)14-30-21-10-20(24)19(23)9-18(21)22(28)25-11-17-13-26(7-8-29-17)12-16-5-3-2-4-6-16/h2-6,9-10,15,17,27H,7-8,11-14,24H2,1H3,(H,25,28). The van der Waals surface area contributed by atoms with Crippen LogP contribution in [-0.4, -0.2) is 61.0 Å². The fourth-order valence-corrected chi connectivity index (χ4v) is 3.43. The van der Waals surface area contributed by atoms with E-state index in [1.807, 2.05) is 18.2 Å². The van der Waals surface area contributed by atoms with Crippen LogP contribution in [0.1, 0.15) is 22.8 Å². The molecule has 4 N–H and O–H groups in total. The summed E-state index contributed by atoms with van der Waals surface area (Å²) in [7, 11) is 0. The van der Waals surface area contributed by atoms with Crippen LogP contribution in [0.4, 0.5) is 5.69 Å². The molecule has 1 aliphatic rings. The predicted molar refractivity (Wildman–Crippen MR) is 117 cm³/mol. The summed E-state index contributed by atoms with van der Waals surface area (Å²) in [5.41, 5.74) is 7.66. The minimum Gasteiger partial charge on any atom is -0.490 e. The van der Waals surface area contributed by atoms with Gasteiger partial charge in [0.15, 0.2) is 0 Å². The topological polar surface area (TPSA) is 97.1 Å². The van der Waals surface area contributed by atoms with Crippen LogP contribution in [0.2, 0.25) is 5.02 Å². The third-order valence-corrected chi connectivity index (χ3v) is 5.11. The molecule has 2 atom stereocenters. The van der Waals surface area contributed by atoms with E-state index in [1.54, 1.807) is 6.92 Å². The Labute approximate surface area is 181 Å². The maximum atomic E-state index is 12.8. The van der Waals surface area contributed by atoms with E-state index >= 15 is 0 Å². The van der Waals surface area contributed by atoms with E-state index < -0.39 is 6.10 Å². The van der Waals surface area contributed by atoms with Gasteiger partial charge in [-0.2, -0.15) is 0 Å². The van der Waals surface area contributed by atoms with Crippen molar-refractivity contribution in [3.05, 3.63) is 58.6 Å². The first-order valence-corrected chi connectivity index (χ1v) is 10.4. The van der Waals surface area contributed by atoms with Crippen molar-refractivity contribution in [2.45, 2.75) is 25.7 Å². The molecule has 162 valence electrons. The normalized spacial score (nSPS) is 18.0. The monoisotopic (exact) mass is 433 g/mol. The van der Waals surface area contributed by atoms with Gasteiger partial charge in [-0.25, -0.2) is 0 Å². The predicted octanol–water partition coefficient (Wildman–Crippen LogP) is 2.31. The molecule has 8 heteroatoms. The number of morpholine rings is 1. The second-order valence-electron chi connectivity index (χ2n) is 7.45. The van der Waals surface area contributed by atoms with Gasteiger partial charge in [-0.3, -0.25) is 9.69 Å². The quantitative estimate of drug-likeness (QED) is 0.553. The number of aliphatic hydroxyl groups is 1. The van der Waals surface area contributed by atoms with Crippen LogP contribution in [0.15, 0.2) is 42.5 Å². The van der Waals surface area contributed by atoms with E-state index in [4.69, 9.17) is 26.8 Å². The Bertz CT molecular complexity index is 848. The van der Waals surface area contributed by atoms with E-state index in [2.05, 4.69) is 22.3 Å². The van der Waals surface area contributed by atoms with E-state index in [9.17, 15) is 9.90 Å². The number of aliphatic hydroxyl groups excluding tert-OH is 1. The molecule has 2 aromatic carbocycles. The summed E-state index contributed by atoms with van der Waals surface area (Å²) in [6.45, 7) is 5.04. The first-order valence-electron chi connectivity index (χ1n) is 9.98. The number of hydrogen-bond acceptors (Lipinski definition) is 6. The summed E-state index contributed by atoms with van der Waals surface area (Å²) in [4.78, 5) is 15.1. The molecule has 1 aliphatic heterocycles. The van der Waals surface area contributed by atoms with Gasteiger partial charge in [-0.15, -0.1) is 0 Å². The number of nitrogens with zero attached hydrogens (tertiary/aromatic N) is 1. The van der Waals surface area contributed by atoms with Gasteiger partial charge in [-0.05, 0) is 18.6 Å². The zero-order valence-corrected chi connectivity index (χ0v) is 17.8. The fourth-order valence-electron chi connectivity index (χ4n) is 3.27. The molecule has 2 unspecified atom stereocenters. The largest absolute Gasteiger partial charge is 0.490 e. The molecule has 1 heterocycles. The molecule has 0 radical (unpaired) electrons. The Morgan fingerprint density at radius 2 is 2.17 bits per heavy atom. The highest BCUT2D eigenvalue weighted by molar-refractivity contribution is 6.33. The SMILES string of the molecule is CC(O)COc1cc(N)c(Cl)cc1C(=O)NCC1CN(Cc2ccccc2)CCO1. The van der Waals surface area contributed by atoms with Crippen molar-refractivity contribution in [2.75, 3.05) is 38.6 Å². The van der Waals surface area contributed by atoms with Crippen molar-refractivity contribution in [2.24, 2.45) is 0 Å². The van der Waals surface area contributed by atoms with Gasteiger partial charge in [0.25, 0.3) is 5.91 Å². The molecular formula is C22H28ClN3O4. The number of ether oxygens (including phenoxy) is 2. The number of halogens is 1. The van der Waals surface area contributed by atoms with Gasteiger partial charge in [0.2, 0.25) is 0 Å². The lowest BCUT2D eigenvalue weighted by Gasteiger charge is -2.33. The molecule has 2 aromatic rings. The Balaban J connectivity index is 1.58. The van der Waals surface area contributed by atoms with Gasteiger partial charge in [0, 0.05) is 32.2 Å². The minimum atomic E-state index is -0.677. The lowest BCUT2D eigenvalue weighted by atomic mass is 10.1. The zero-order chi connectivity index (χ0) is 21.5. The highest BCUT2D eigenvalue weighted by Gasteiger charge is 2.22. The van der Waals surface area contributed by atoms with Crippen molar-refractivity contribution >= 4 is 23.2 Å². The molecule has 0 saturated carbocycles. The van der Waals surface area contributed by atoms with Crippen molar-refractivity contribution in [3.63, 3.8) is 0 Å². The van der Waals surface area contributed by atoms with Gasteiger partial charge in [0.05, 0.1) is 35.1 Å². The molecule has 0 aliphatic carbocycles. The number of amides is 1. The second-order valence-corrected chi connectivity index (χ2v) is 7.86. The average Bonchev–Trinajstić information content (AvgIpc) is 2.73. The van der Waals surface area contributed by atoms with Crippen LogP contribution in [0.5, 0.6) is 5.75 Å². The number of rotatable bonds is 8. The summed E-state index contributed by atoms with van der Waals surface area (Å²) in [6, 6.07) is 13.2. The lowest BCUT2D eigenvalue weighted by Crippen LogP contribution is -2.47. The number of hydrogen-bond donors (Lipinski definition) is 3. The second kappa shape index (κ2) is 10.6. The summed E-state index contributed by atoms with van der Waals surface area (Å²) >= 11 is 6.10. The van der Waals surface area contributed by atoms with E-state index in [0.717, 1.165) is 19.6 Å². The molecule has 30 heavy (non-hydrogen) atoms. The Hall–Kier alpha value is -2.32. The smallest absolute Gasteiger partial charge is 0.255 e. The molecule has 1 saturated heterocycles. The third kappa shape index (κ3) is 6.34. The number of benzene rings is 2. The Morgan fingerprint density at radius 3 is 2.90 bits per heavy atom. The van der Waals surface area contributed by atoms with Crippen LogP contribution in [-0.2, 0) is 11.3 Å². The summed E-state index contributed by atoms with van der Waals surface area (Å²) in [5, 5.41) is 12.6. The summed E-state index contributed by atoms with van der Waals surface area (Å²) in [6.07, 6.45) is -0.790. The molecule has 1 amide bonds. The fraction of sp³-hybridized carbons (Fsp3) is 0.409. The zero-order valence-electron chi connectivity index (χ0n) is 17.0. The van der Waals surface area contributed by atoms with Crippen LogP contribution >= 0.6 is 11.6 Å². The molecular weight excluding hydrogens is 406 g/mol. The van der Waals surface area contributed by atoms with Crippen LogP contribution < -0.4 is 15.8 Å². The van der Waals surface area contributed by atoms with E-state index in [1.165, 1.54) is 17.7 Å². The molecule has 0 bridgehead atoms. The number of nitrogen functional groups attached to an aromatic ring is 1. The maximum absolute atomic E-state index is 12.8. The number of nitrogens with two attached hydrogens (primary N) is 1. The molecule has 3 rings (SSSR count). The van der Waals surface area contributed by atoms with Crippen molar-refractivity contribution < 1.29 is 19.4 Å². The van der Waals surface area contributed by atoms with Crippen molar-refractivity contribution in [3.8, 4) is 5.75 Å². The molecule has 0 spiro atoms. The summed E-state index contributed by atoms with van der Waals surface area (Å²) < 4.78 is 11.4. The Kier molecular flexibility index (Phi) is 7.93. The van der Waals surface area contributed by atoms with Gasteiger partial charge in [0.1, 0.15) is 12.4 Å². The maximum Gasteiger partial charge on any atom is 0.255 e. The molecule has 7 nitrogen and oxygen atoms in total. The molecule has 1 fully saturated rings. The van der Waals surface area contributed by atoms with Gasteiger partial charge >= 0.3 is 0 Å². The first-order chi connectivity index (χ1) is 14.4. The number of carbonyl (C=O) groups is 1. The van der Waals surface area contributed by atoms with Crippen molar-refractivity contribution in [1.82, 2.24) is 10.2 Å². The van der Waals surface area contributed by atoms with Crippen LogP contribution in [0.3, 0.4) is 0 Å². The minimum absolute atomic E-state index is 0.0432. The number of nitrogens with one attached hydrogen (secondary N) is 1. The van der Waals surface area contributed by atoms with E-state index in [-0.39, 0.29) is 35.0 Å². The number of anilines is 1. The van der Waals surface area contributed by atoms with E-state index in [0.29, 0.717) is 18.8 Å². The lowest BCUT2D eigenvalue weighted by molar-refractivity contribution is -0.0292. The summed E-state index contributed by atoms with van der Waals surface area (Å²) in [5.74, 6) is -0.0492. The van der Waals surface area contributed by atoms with Crippen LogP contribution in [0.25, 0.3) is 0 Å². The highest BCUT2D eigenvalue weighted by Crippen LogP contribution is 2.29. The highest BCUT2D eigenvalue weighted by atomic mass is 35.5. The Morgan fingerprint density at radius 1 is 1.40 bits per heavy atom. The average molecular weight is 434 g/mol. The molecule has 0 aromatic heterocycles. The van der Waals surface area contributed by atoms with Gasteiger partial charge in [-0.1, -0.05) is 41.9 Å². The number of carbonyl (C=O) groups excluding carboxylic acids is 1. The van der Waals surface area contributed by atoms with Crippen LogP contribution in [0, 0.1) is 0 Å².